The van der Waals surface area contributed by atoms with Gasteiger partial charge < -0.3 is 10.1 Å². The number of ether oxygens (including phenoxy) is 1. The molecule has 0 atom stereocenters. The first-order chi connectivity index (χ1) is 14.2. The van der Waals surface area contributed by atoms with Gasteiger partial charge in [0.2, 0.25) is 0 Å². The average Bonchev–Trinajstić information content (AvgIpc) is 2.72. The first-order valence-corrected chi connectivity index (χ1v) is 10.2. The Kier molecular flexibility index (Phi) is 7.70. The summed E-state index contributed by atoms with van der Waals surface area (Å²) in [7, 11) is -3.83. The molecule has 0 aliphatic carbocycles. The van der Waals surface area contributed by atoms with Crippen molar-refractivity contribution in [2.24, 2.45) is 0 Å². The van der Waals surface area contributed by atoms with Gasteiger partial charge in [-0.25, -0.2) is 18.0 Å². The number of hydrogen-bond acceptors (Lipinski definition) is 6. The molecular formula is C20H21N3O6S. The highest BCUT2D eigenvalue weighted by Crippen LogP contribution is 2.17. The molecule has 0 radical (unpaired) electrons. The first kappa shape index (κ1) is 22.6. The number of esters is 1. The lowest BCUT2D eigenvalue weighted by Crippen LogP contribution is -2.41. The SMILES string of the molecule is C=CCNC(=O)NC(=O)COC(=O)c1ccc(S(=O)(=O)Nc2ccc(C)cc2)cc1. The second-order valence-electron chi connectivity index (χ2n) is 6.12. The summed E-state index contributed by atoms with van der Waals surface area (Å²) in [6.45, 7) is 4.80. The smallest absolute Gasteiger partial charge is 0.338 e. The molecule has 30 heavy (non-hydrogen) atoms. The molecule has 0 spiro atoms. The van der Waals surface area contributed by atoms with E-state index in [1.54, 1.807) is 24.3 Å². The number of imide groups is 1. The van der Waals surface area contributed by atoms with E-state index in [1.807, 2.05) is 12.2 Å². The molecule has 0 unspecified atom stereocenters. The normalized spacial score (nSPS) is 10.6. The van der Waals surface area contributed by atoms with E-state index in [4.69, 9.17) is 4.74 Å². The third-order valence-corrected chi connectivity index (χ3v) is 5.10. The summed E-state index contributed by atoms with van der Waals surface area (Å²) < 4.78 is 32.1. The summed E-state index contributed by atoms with van der Waals surface area (Å²) in [6.07, 6.45) is 1.43. The van der Waals surface area contributed by atoms with Gasteiger partial charge in [-0.1, -0.05) is 23.8 Å². The maximum absolute atomic E-state index is 12.4. The Balaban J connectivity index is 1.93. The molecular weight excluding hydrogens is 410 g/mol. The summed E-state index contributed by atoms with van der Waals surface area (Å²) in [5, 5.41) is 4.31. The number of hydrogen-bond donors (Lipinski definition) is 3. The minimum atomic E-state index is -3.83. The number of nitrogens with one attached hydrogen (secondary N) is 3. The Labute approximate surface area is 174 Å². The minimum Gasteiger partial charge on any atom is -0.452 e. The zero-order chi connectivity index (χ0) is 22.1. The van der Waals surface area contributed by atoms with Crippen molar-refractivity contribution in [3.05, 3.63) is 72.3 Å². The second kappa shape index (κ2) is 10.2. The van der Waals surface area contributed by atoms with Crippen LogP contribution in [0.3, 0.4) is 0 Å². The molecule has 0 aliphatic rings. The van der Waals surface area contributed by atoms with Gasteiger partial charge in [-0.3, -0.25) is 14.8 Å². The maximum Gasteiger partial charge on any atom is 0.338 e. The van der Waals surface area contributed by atoms with Crippen molar-refractivity contribution in [3.8, 4) is 0 Å². The van der Waals surface area contributed by atoms with Crippen molar-refractivity contribution in [1.29, 1.82) is 0 Å². The maximum atomic E-state index is 12.4. The average molecular weight is 431 g/mol. The number of carbonyl (C=O) groups is 3. The lowest BCUT2D eigenvalue weighted by molar-refractivity contribution is -0.123. The Bertz CT molecular complexity index is 1030. The van der Waals surface area contributed by atoms with Gasteiger partial charge in [0.25, 0.3) is 15.9 Å². The molecule has 3 N–H and O–H groups in total. The van der Waals surface area contributed by atoms with Gasteiger partial charge in [0.05, 0.1) is 10.5 Å². The molecule has 2 aromatic rings. The Morgan fingerprint density at radius 2 is 1.67 bits per heavy atom. The molecule has 0 saturated heterocycles. The van der Waals surface area contributed by atoms with E-state index in [9.17, 15) is 22.8 Å². The molecule has 9 nitrogen and oxygen atoms in total. The fraction of sp³-hybridized carbons (Fsp3) is 0.150. The van der Waals surface area contributed by atoms with E-state index in [1.165, 1.54) is 30.3 Å². The van der Waals surface area contributed by atoms with E-state index in [2.05, 4.69) is 16.6 Å². The largest absolute Gasteiger partial charge is 0.452 e. The van der Waals surface area contributed by atoms with Crippen LogP contribution in [0.4, 0.5) is 10.5 Å². The zero-order valence-corrected chi connectivity index (χ0v) is 17.0. The van der Waals surface area contributed by atoms with Crippen LogP contribution in [0.2, 0.25) is 0 Å². The Morgan fingerprint density at radius 3 is 2.27 bits per heavy atom. The van der Waals surface area contributed by atoms with Crippen LogP contribution in [0.1, 0.15) is 15.9 Å². The molecule has 2 aromatic carbocycles. The topological polar surface area (TPSA) is 131 Å². The van der Waals surface area contributed by atoms with Crippen LogP contribution in [0.25, 0.3) is 0 Å². The van der Waals surface area contributed by atoms with Crippen LogP contribution < -0.4 is 15.4 Å². The lowest BCUT2D eigenvalue weighted by atomic mass is 10.2. The third-order valence-electron chi connectivity index (χ3n) is 3.70. The summed E-state index contributed by atoms with van der Waals surface area (Å²) in [5.74, 6) is -1.65. The zero-order valence-electron chi connectivity index (χ0n) is 16.2. The van der Waals surface area contributed by atoms with E-state index < -0.39 is 34.5 Å². The van der Waals surface area contributed by atoms with Crippen LogP contribution in [0, 0.1) is 6.92 Å². The summed E-state index contributed by atoms with van der Waals surface area (Å²) >= 11 is 0. The molecule has 158 valence electrons. The number of carbonyl (C=O) groups excluding carboxylic acids is 3. The Hall–Kier alpha value is -3.66. The number of urea groups is 1. The van der Waals surface area contributed by atoms with E-state index in [0.717, 1.165) is 5.56 Å². The van der Waals surface area contributed by atoms with Crippen LogP contribution in [0.5, 0.6) is 0 Å². The molecule has 0 saturated carbocycles. The number of sulfonamides is 1. The lowest BCUT2D eigenvalue weighted by Gasteiger charge is -2.09. The predicted molar refractivity (Wildman–Crippen MR) is 110 cm³/mol. The van der Waals surface area contributed by atoms with E-state index in [0.29, 0.717) is 5.69 Å². The molecule has 2 rings (SSSR count). The van der Waals surface area contributed by atoms with Crippen LogP contribution >= 0.6 is 0 Å². The second-order valence-corrected chi connectivity index (χ2v) is 7.80. The van der Waals surface area contributed by atoms with Crippen molar-refractivity contribution in [2.75, 3.05) is 17.9 Å². The van der Waals surface area contributed by atoms with Gasteiger partial charge in [-0.05, 0) is 43.3 Å². The quantitative estimate of drug-likeness (QED) is 0.433. The summed E-state index contributed by atoms with van der Waals surface area (Å²) in [6, 6.07) is 11.1. The van der Waals surface area contributed by atoms with Crippen LogP contribution in [-0.4, -0.2) is 39.5 Å². The molecule has 10 heteroatoms. The number of anilines is 1. The van der Waals surface area contributed by atoms with Gasteiger partial charge in [0.1, 0.15) is 0 Å². The summed E-state index contributed by atoms with van der Waals surface area (Å²) in [4.78, 5) is 34.8. The fourth-order valence-corrected chi connectivity index (χ4v) is 3.25. The number of amides is 3. The highest BCUT2D eigenvalue weighted by molar-refractivity contribution is 7.92. The number of benzene rings is 2. The first-order valence-electron chi connectivity index (χ1n) is 8.76. The number of rotatable bonds is 8. The molecule has 0 aliphatic heterocycles. The van der Waals surface area contributed by atoms with Crippen molar-refractivity contribution in [2.45, 2.75) is 11.8 Å². The van der Waals surface area contributed by atoms with Crippen molar-refractivity contribution in [3.63, 3.8) is 0 Å². The number of aryl methyl sites for hydroxylation is 1. The van der Waals surface area contributed by atoms with Gasteiger partial charge >= 0.3 is 12.0 Å². The molecule has 3 amide bonds. The highest BCUT2D eigenvalue weighted by atomic mass is 32.2. The third kappa shape index (κ3) is 6.74. The van der Waals surface area contributed by atoms with Crippen LogP contribution in [-0.2, 0) is 19.6 Å². The minimum absolute atomic E-state index is 0.0451. The standard InChI is InChI=1S/C20H21N3O6S/c1-3-12-21-20(26)22-18(24)13-29-19(25)15-6-10-17(11-7-15)30(27,28)23-16-8-4-14(2)5-9-16/h3-11,23H,1,12-13H2,2H3,(H2,21,22,24,26). The van der Waals surface area contributed by atoms with E-state index in [-0.39, 0.29) is 17.0 Å². The highest BCUT2D eigenvalue weighted by Gasteiger charge is 2.17. The van der Waals surface area contributed by atoms with Crippen LogP contribution in [0.15, 0.2) is 66.1 Å². The van der Waals surface area contributed by atoms with E-state index >= 15 is 0 Å². The summed E-state index contributed by atoms with van der Waals surface area (Å²) in [5.41, 5.74) is 1.45. The van der Waals surface area contributed by atoms with Crippen molar-refractivity contribution >= 4 is 33.6 Å². The van der Waals surface area contributed by atoms with Gasteiger partial charge in [-0.2, -0.15) is 0 Å². The van der Waals surface area contributed by atoms with Crippen molar-refractivity contribution < 1.29 is 27.5 Å². The fourth-order valence-electron chi connectivity index (χ4n) is 2.19. The Morgan fingerprint density at radius 1 is 1.03 bits per heavy atom. The van der Waals surface area contributed by atoms with Gasteiger partial charge in [0.15, 0.2) is 6.61 Å². The predicted octanol–water partition coefficient (Wildman–Crippen LogP) is 1.96. The monoisotopic (exact) mass is 431 g/mol. The van der Waals surface area contributed by atoms with Crippen molar-refractivity contribution in [1.82, 2.24) is 10.6 Å². The molecule has 0 fully saturated rings. The molecule has 0 heterocycles. The van der Waals surface area contributed by atoms with Gasteiger partial charge in [-0.15, -0.1) is 6.58 Å². The molecule has 0 aromatic heterocycles. The molecule has 0 bridgehead atoms. The van der Waals surface area contributed by atoms with Gasteiger partial charge in [0, 0.05) is 12.2 Å².